The van der Waals surface area contributed by atoms with Crippen LogP contribution < -0.4 is 15.6 Å². The zero-order chi connectivity index (χ0) is 19.2. The van der Waals surface area contributed by atoms with Crippen molar-refractivity contribution in [1.82, 2.24) is 19.8 Å². The van der Waals surface area contributed by atoms with Crippen molar-refractivity contribution < 1.29 is 4.74 Å². The number of aromatic nitrogens is 2. The van der Waals surface area contributed by atoms with Crippen molar-refractivity contribution in [2.45, 2.75) is 6.42 Å². The molecule has 0 fully saturated rings. The van der Waals surface area contributed by atoms with Crippen molar-refractivity contribution in [2.75, 3.05) is 40.8 Å². The standard InChI is InChI=1S/C21H26N4O2/c1-24(2)15-14-22-13-12-20-23-19-7-5-4-6-18(19)21(26)25(20)16-8-10-17(27-3)11-9-16/h4-11,22H,12-15H2,1-3H3. The number of rotatable bonds is 8. The van der Waals surface area contributed by atoms with Gasteiger partial charge in [0.15, 0.2) is 0 Å². The van der Waals surface area contributed by atoms with E-state index in [0.717, 1.165) is 42.4 Å². The minimum absolute atomic E-state index is 0.0472. The first-order valence-electron chi connectivity index (χ1n) is 9.10. The molecule has 0 aliphatic carbocycles. The number of nitrogens with one attached hydrogen (secondary N) is 1. The number of ether oxygens (including phenoxy) is 1. The Balaban J connectivity index is 1.95. The Morgan fingerprint density at radius 1 is 1.07 bits per heavy atom. The summed E-state index contributed by atoms with van der Waals surface area (Å²) in [6, 6.07) is 15.0. The van der Waals surface area contributed by atoms with Crippen LogP contribution >= 0.6 is 0 Å². The fraction of sp³-hybridized carbons (Fsp3) is 0.333. The minimum atomic E-state index is -0.0472. The van der Waals surface area contributed by atoms with Gasteiger partial charge in [-0.2, -0.15) is 0 Å². The summed E-state index contributed by atoms with van der Waals surface area (Å²) in [5.74, 6) is 1.51. The van der Waals surface area contributed by atoms with Crippen molar-refractivity contribution >= 4 is 10.9 Å². The smallest absolute Gasteiger partial charge is 0.265 e. The monoisotopic (exact) mass is 366 g/mol. The Hall–Kier alpha value is -2.70. The molecule has 0 saturated carbocycles. The maximum absolute atomic E-state index is 13.1. The third kappa shape index (κ3) is 4.53. The average Bonchev–Trinajstić information content (AvgIpc) is 2.68. The van der Waals surface area contributed by atoms with E-state index >= 15 is 0 Å². The Labute approximate surface area is 159 Å². The first kappa shape index (κ1) is 19.1. The van der Waals surface area contributed by atoms with Crippen LogP contribution in [-0.4, -0.2) is 55.3 Å². The van der Waals surface area contributed by atoms with Crippen LogP contribution in [0.2, 0.25) is 0 Å². The van der Waals surface area contributed by atoms with E-state index in [1.165, 1.54) is 0 Å². The van der Waals surface area contributed by atoms with E-state index in [-0.39, 0.29) is 5.56 Å². The molecule has 1 aromatic heterocycles. The summed E-state index contributed by atoms with van der Waals surface area (Å²) in [4.78, 5) is 20.0. The van der Waals surface area contributed by atoms with Crippen LogP contribution in [0, 0.1) is 0 Å². The highest BCUT2D eigenvalue weighted by atomic mass is 16.5. The number of hydrogen-bond acceptors (Lipinski definition) is 5. The largest absolute Gasteiger partial charge is 0.497 e. The van der Waals surface area contributed by atoms with E-state index in [1.54, 1.807) is 11.7 Å². The number of fused-ring (bicyclic) bond motifs is 1. The van der Waals surface area contributed by atoms with E-state index in [4.69, 9.17) is 9.72 Å². The van der Waals surface area contributed by atoms with Gasteiger partial charge in [-0.15, -0.1) is 0 Å². The Kier molecular flexibility index (Phi) is 6.21. The van der Waals surface area contributed by atoms with E-state index in [2.05, 4.69) is 10.2 Å². The zero-order valence-electron chi connectivity index (χ0n) is 16.1. The molecular weight excluding hydrogens is 340 g/mol. The van der Waals surface area contributed by atoms with Gasteiger partial charge in [-0.25, -0.2) is 4.98 Å². The second-order valence-electron chi connectivity index (χ2n) is 6.69. The predicted octanol–water partition coefficient (Wildman–Crippen LogP) is 2.09. The van der Waals surface area contributed by atoms with Crippen molar-refractivity contribution in [3.05, 3.63) is 64.7 Å². The molecule has 3 aromatic rings. The Morgan fingerprint density at radius 3 is 2.52 bits per heavy atom. The molecule has 2 aromatic carbocycles. The van der Waals surface area contributed by atoms with Crippen molar-refractivity contribution in [1.29, 1.82) is 0 Å². The molecule has 0 amide bonds. The molecule has 0 radical (unpaired) electrons. The third-order valence-electron chi connectivity index (χ3n) is 4.44. The average molecular weight is 366 g/mol. The first-order chi connectivity index (χ1) is 13.1. The van der Waals surface area contributed by atoms with Crippen LogP contribution in [0.5, 0.6) is 5.75 Å². The molecule has 0 atom stereocenters. The molecule has 0 unspecified atom stereocenters. The van der Waals surface area contributed by atoms with Gasteiger partial charge < -0.3 is 15.0 Å². The molecule has 142 valence electrons. The Morgan fingerprint density at radius 2 is 1.81 bits per heavy atom. The summed E-state index contributed by atoms with van der Waals surface area (Å²) in [6.07, 6.45) is 0.666. The van der Waals surface area contributed by atoms with Crippen LogP contribution in [0.4, 0.5) is 0 Å². The molecule has 27 heavy (non-hydrogen) atoms. The lowest BCUT2D eigenvalue weighted by Crippen LogP contribution is -2.30. The fourth-order valence-corrected chi connectivity index (χ4v) is 2.97. The molecule has 0 spiro atoms. The molecular formula is C21H26N4O2. The van der Waals surface area contributed by atoms with Crippen molar-refractivity contribution in [3.63, 3.8) is 0 Å². The number of hydrogen-bond donors (Lipinski definition) is 1. The van der Waals surface area contributed by atoms with Crippen LogP contribution in [0.1, 0.15) is 5.82 Å². The molecule has 0 aliphatic heterocycles. The highest BCUT2D eigenvalue weighted by Gasteiger charge is 2.12. The third-order valence-corrected chi connectivity index (χ3v) is 4.44. The lowest BCUT2D eigenvalue weighted by atomic mass is 10.2. The second kappa shape index (κ2) is 8.79. The van der Waals surface area contributed by atoms with Gasteiger partial charge in [-0.1, -0.05) is 12.1 Å². The molecule has 0 bridgehead atoms. The summed E-state index contributed by atoms with van der Waals surface area (Å²) in [7, 11) is 5.73. The molecule has 3 rings (SSSR count). The number of methoxy groups -OCH3 is 1. The number of nitrogens with zero attached hydrogens (tertiary/aromatic N) is 3. The maximum atomic E-state index is 13.1. The Bertz CT molecular complexity index is 949. The lowest BCUT2D eigenvalue weighted by molar-refractivity contribution is 0.400. The van der Waals surface area contributed by atoms with E-state index in [0.29, 0.717) is 11.8 Å². The molecule has 0 saturated heterocycles. The number of benzene rings is 2. The van der Waals surface area contributed by atoms with Crippen LogP contribution in [0.25, 0.3) is 16.6 Å². The maximum Gasteiger partial charge on any atom is 0.265 e. The number of likely N-dealkylation sites (N-methyl/N-ethyl adjacent to an activating group) is 1. The summed E-state index contributed by atoms with van der Waals surface area (Å²) in [5.41, 5.74) is 1.48. The molecule has 6 heteroatoms. The van der Waals surface area contributed by atoms with Crippen molar-refractivity contribution in [2.24, 2.45) is 0 Å². The molecule has 1 heterocycles. The van der Waals surface area contributed by atoms with E-state index in [1.807, 2.05) is 62.6 Å². The SMILES string of the molecule is COc1ccc(-n2c(CCNCCN(C)C)nc3ccccc3c2=O)cc1. The van der Waals surface area contributed by atoms with Gasteiger partial charge in [-0.3, -0.25) is 9.36 Å². The van der Waals surface area contributed by atoms with Crippen LogP contribution in [-0.2, 0) is 6.42 Å². The highest BCUT2D eigenvalue weighted by Crippen LogP contribution is 2.17. The molecule has 0 aliphatic rings. The quantitative estimate of drug-likeness (QED) is 0.619. The first-order valence-corrected chi connectivity index (χ1v) is 9.10. The fourth-order valence-electron chi connectivity index (χ4n) is 2.97. The minimum Gasteiger partial charge on any atom is -0.497 e. The van der Waals surface area contributed by atoms with Gasteiger partial charge in [0.05, 0.1) is 23.7 Å². The molecule has 1 N–H and O–H groups in total. The van der Waals surface area contributed by atoms with Gasteiger partial charge in [0.2, 0.25) is 0 Å². The predicted molar refractivity (Wildman–Crippen MR) is 109 cm³/mol. The summed E-state index contributed by atoms with van der Waals surface area (Å²) < 4.78 is 6.93. The van der Waals surface area contributed by atoms with Gasteiger partial charge in [0.25, 0.3) is 5.56 Å². The lowest BCUT2D eigenvalue weighted by Gasteiger charge is -2.15. The van der Waals surface area contributed by atoms with Crippen molar-refractivity contribution in [3.8, 4) is 11.4 Å². The van der Waals surface area contributed by atoms with E-state index in [9.17, 15) is 4.79 Å². The topological polar surface area (TPSA) is 59.4 Å². The van der Waals surface area contributed by atoms with Gasteiger partial charge in [0, 0.05) is 26.1 Å². The van der Waals surface area contributed by atoms with Gasteiger partial charge in [-0.05, 0) is 50.5 Å². The van der Waals surface area contributed by atoms with E-state index < -0.39 is 0 Å². The normalized spacial score (nSPS) is 11.3. The number of para-hydroxylation sites is 1. The summed E-state index contributed by atoms with van der Waals surface area (Å²) >= 11 is 0. The van der Waals surface area contributed by atoms with Crippen LogP contribution in [0.15, 0.2) is 53.3 Å². The van der Waals surface area contributed by atoms with Gasteiger partial charge in [0.1, 0.15) is 11.6 Å². The molecule has 6 nitrogen and oxygen atoms in total. The van der Waals surface area contributed by atoms with Crippen LogP contribution in [0.3, 0.4) is 0 Å². The second-order valence-corrected chi connectivity index (χ2v) is 6.69. The summed E-state index contributed by atoms with van der Waals surface area (Å²) in [6.45, 7) is 2.62. The highest BCUT2D eigenvalue weighted by molar-refractivity contribution is 5.77. The van der Waals surface area contributed by atoms with Gasteiger partial charge >= 0.3 is 0 Å². The zero-order valence-corrected chi connectivity index (χ0v) is 16.1. The summed E-state index contributed by atoms with van der Waals surface area (Å²) in [5, 5.41) is 4.04.